The van der Waals surface area contributed by atoms with Crippen molar-refractivity contribution in [3.8, 4) is 11.8 Å². The van der Waals surface area contributed by atoms with E-state index in [2.05, 4.69) is 29.1 Å². The average molecular weight is 306 g/mol. The lowest BCUT2D eigenvalue weighted by atomic mass is 9.94. The quantitative estimate of drug-likeness (QED) is 0.830. The molecule has 4 nitrogen and oxygen atoms in total. The second-order valence-corrected chi connectivity index (χ2v) is 6.33. The lowest BCUT2D eigenvalue weighted by Gasteiger charge is -2.28. The van der Waals surface area contributed by atoms with E-state index in [0.29, 0.717) is 10.4 Å². The molecule has 0 atom stereocenters. The van der Waals surface area contributed by atoms with E-state index in [1.54, 1.807) is 0 Å². The Kier molecular flexibility index (Phi) is 6.24. The molecule has 1 amide bonds. The van der Waals surface area contributed by atoms with Crippen LogP contribution in [-0.2, 0) is 0 Å². The first-order chi connectivity index (χ1) is 10.2. The van der Waals surface area contributed by atoms with E-state index in [1.807, 2.05) is 11.4 Å². The molecule has 21 heavy (non-hydrogen) atoms. The monoisotopic (exact) mass is 306 g/mol. The summed E-state index contributed by atoms with van der Waals surface area (Å²) in [5.74, 6) is 6.06. The van der Waals surface area contributed by atoms with Gasteiger partial charge in [0, 0.05) is 12.1 Å². The highest BCUT2D eigenvalue weighted by Gasteiger charge is 2.17. The Balaban J connectivity index is 1.78. The summed E-state index contributed by atoms with van der Waals surface area (Å²) < 4.78 is 0. The van der Waals surface area contributed by atoms with Crippen molar-refractivity contribution in [1.82, 2.24) is 10.2 Å². The molecule has 2 N–H and O–H groups in total. The van der Waals surface area contributed by atoms with E-state index >= 15 is 0 Å². The van der Waals surface area contributed by atoms with Crippen LogP contribution in [0.3, 0.4) is 0 Å². The van der Waals surface area contributed by atoms with Gasteiger partial charge in [0.25, 0.3) is 5.91 Å². The molecule has 1 fully saturated rings. The third-order valence-electron chi connectivity index (χ3n) is 3.85. The molecule has 0 aliphatic carbocycles. The summed E-state index contributed by atoms with van der Waals surface area (Å²) in [6, 6.07) is 1.82. The van der Waals surface area contributed by atoms with Gasteiger partial charge in [-0.05, 0) is 56.8 Å². The maximum atomic E-state index is 12.1. The molecule has 1 aliphatic heterocycles. The Bertz CT molecular complexity index is 522. The Morgan fingerprint density at radius 2 is 2.29 bits per heavy atom. The molecule has 1 aromatic heterocycles. The molecule has 1 aromatic rings. The normalized spacial score (nSPS) is 16.3. The molecule has 0 aromatic carbocycles. The molecular weight excluding hydrogens is 284 g/mol. The number of nitrogens with one attached hydrogen (secondary N) is 1. The van der Waals surface area contributed by atoms with Gasteiger partial charge in [0.2, 0.25) is 0 Å². The number of carbonyl (C=O) groups is 1. The van der Waals surface area contributed by atoms with Gasteiger partial charge in [0.05, 0.1) is 0 Å². The van der Waals surface area contributed by atoms with Crippen molar-refractivity contribution >= 4 is 17.2 Å². The van der Waals surface area contributed by atoms with Gasteiger partial charge >= 0.3 is 0 Å². The van der Waals surface area contributed by atoms with E-state index in [9.17, 15) is 4.79 Å². The number of hydrogen-bond donors (Lipinski definition) is 2. The standard InChI is InChI=1S/C16H22N2O2S/c1-18-9-5-13(6-10-18)4-8-17-16(20)15-14(3-2-11-19)7-12-21-15/h7,12-13,19H,4-6,8-11H2,1H3,(H,17,20). The lowest BCUT2D eigenvalue weighted by Crippen LogP contribution is -2.32. The second-order valence-electron chi connectivity index (χ2n) is 5.41. The molecule has 2 heterocycles. The fraction of sp³-hybridized carbons (Fsp3) is 0.562. The van der Waals surface area contributed by atoms with Gasteiger partial charge in [-0.25, -0.2) is 0 Å². The maximum absolute atomic E-state index is 12.1. The van der Waals surface area contributed by atoms with Crippen LogP contribution in [0.2, 0.25) is 0 Å². The first-order valence-electron chi connectivity index (χ1n) is 7.34. The van der Waals surface area contributed by atoms with Crippen molar-refractivity contribution in [2.24, 2.45) is 5.92 Å². The summed E-state index contributed by atoms with van der Waals surface area (Å²) in [6.45, 7) is 2.85. The third kappa shape index (κ3) is 4.85. The lowest BCUT2D eigenvalue weighted by molar-refractivity contribution is 0.0952. The van der Waals surface area contributed by atoms with Gasteiger partial charge in [-0.2, -0.15) is 0 Å². The second kappa shape index (κ2) is 8.18. The highest BCUT2D eigenvalue weighted by Crippen LogP contribution is 2.19. The zero-order valence-electron chi connectivity index (χ0n) is 12.4. The summed E-state index contributed by atoms with van der Waals surface area (Å²) in [5.41, 5.74) is 0.700. The molecule has 0 unspecified atom stereocenters. The number of aliphatic hydroxyl groups excluding tert-OH is 1. The fourth-order valence-corrected chi connectivity index (χ4v) is 3.30. The summed E-state index contributed by atoms with van der Waals surface area (Å²) in [5, 5.41) is 13.6. The summed E-state index contributed by atoms with van der Waals surface area (Å²) >= 11 is 1.39. The third-order valence-corrected chi connectivity index (χ3v) is 4.76. The van der Waals surface area contributed by atoms with Gasteiger partial charge in [-0.3, -0.25) is 4.79 Å². The van der Waals surface area contributed by atoms with Crippen LogP contribution in [0, 0.1) is 17.8 Å². The van der Waals surface area contributed by atoms with E-state index < -0.39 is 0 Å². The van der Waals surface area contributed by atoms with Crippen LogP contribution in [0.1, 0.15) is 34.5 Å². The van der Waals surface area contributed by atoms with Crippen molar-refractivity contribution in [2.45, 2.75) is 19.3 Å². The molecular formula is C16H22N2O2S. The summed E-state index contributed by atoms with van der Waals surface area (Å²) in [4.78, 5) is 15.1. The van der Waals surface area contributed by atoms with Crippen molar-refractivity contribution in [3.63, 3.8) is 0 Å². The first kappa shape index (κ1) is 16.0. The van der Waals surface area contributed by atoms with Crippen LogP contribution < -0.4 is 5.32 Å². The smallest absolute Gasteiger partial charge is 0.262 e. The number of nitrogens with zero attached hydrogens (tertiary/aromatic N) is 1. The SMILES string of the molecule is CN1CCC(CCNC(=O)c2sccc2C#CCO)CC1. The largest absolute Gasteiger partial charge is 0.384 e. The van der Waals surface area contributed by atoms with Gasteiger partial charge < -0.3 is 15.3 Å². The van der Waals surface area contributed by atoms with Crippen LogP contribution >= 0.6 is 11.3 Å². The van der Waals surface area contributed by atoms with Crippen LogP contribution in [0.5, 0.6) is 0 Å². The summed E-state index contributed by atoms with van der Waals surface area (Å²) in [6.07, 6.45) is 3.49. The number of carbonyl (C=O) groups excluding carboxylic acids is 1. The Hall–Kier alpha value is -1.35. The molecule has 5 heteroatoms. The first-order valence-corrected chi connectivity index (χ1v) is 8.22. The zero-order chi connectivity index (χ0) is 15.1. The van der Waals surface area contributed by atoms with Gasteiger partial charge in [-0.15, -0.1) is 11.3 Å². The maximum Gasteiger partial charge on any atom is 0.262 e. The Morgan fingerprint density at radius 3 is 3.00 bits per heavy atom. The van der Waals surface area contributed by atoms with Crippen molar-refractivity contribution in [3.05, 3.63) is 21.9 Å². The molecule has 0 saturated carbocycles. The highest BCUT2D eigenvalue weighted by atomic mass is 32.1. The number of amides is 1. The van der Waals surface area contributed by atoms with Crippen molar-refractivity contribution < 1.29 is 9.90 Å². The van der Waals surface area contributed by atoms with Crippen LogP contribution in [0.25, 0.3) is 0 Å². The Morgan fingerprint density at radius 1 is 1.52 bits per heavy atom. The van der Waals surface area contributed by atoms with Gasteiger partial charge in [-0.1, -0.05) is 11.8 Å². The van der Waals surface area contributed by atoms with E-state index in [0.717, 1.165) is 32.0 Å². The molecule has 1 aliphatic rings. The Labute approximate surface area is 130 Å². The molecule has 0 radical (unpaired) electrons. The zero-order valence-corrected chi connectivity index (χ0v) is 13.2. The predicted octanol–water partition coefficient (Wildman–Crippen LogP) is 1.55. The molecule has 0 bridgehead atoms. The van der Waals surface area contributed by atoms with Crippen LogP contribution in [-0.4, -0.2) is 49.2 Å². The molecule has 2 rings (SSSR count). The molecule has 1 saturated heterocycles. The van der Waals surface area contributed by atoms with Gasteiger partial charge in [0.1, 0.15) is 11.5 Å². The number of likely N-dealkylation sites (tertiary alicyclic amines) is 1. The van der Waals surface area contributed by atoms with E-state index in [-0.39, 0.29) is 12.5 Å². The number of rotatable bonds is 4. The summed E-state index contributed by atoms with van der Waals surface area (Å²) in [7, 11) is 2.16. The molecule has 0 spiro atoms. The van der Waals surface area contributed by atoms with E-state index in [1.165, 1.54) is 24.2 Å². The van der Waals surface area contributed by atoms with Crippen molar-refractivity contribution in [1.29, 1.82) is 0 Å². The number of hydrogen-bond acceptors (Lipinski definition) is 4. The number of thiophene rings is 1. The average Bonchev–Trinajstić information content (AvgIpc) is 2.95. The van der Waals surface area contributed by atoms with Crippen LogP contribution in [0.15, 0.2) is 11.4 Å². The minimum absolute atomic E-state index is 0.0554. The highest BCUT2D eigenvalue weighted by molar-refractivity contribution is 7.12. The van der Waals surface area contributed by atoms with Crippen molar-refractivity contribution in [2.75, 3.05) is 33.3 Å². The molecule has 114 valence electrons. The minimum atomic E-state index is -0.187. The minimum Gasteiger partial charge on any atom is -0.384 e. The fourth-order valence-electron chi connectivity index (χ4n) is 2.54. The van der Waals surface area contributed by atoms with E-state index in [4.69, 9.17) is 5.11 Å². The topological polar surface area (TPSA) is 52.6 Å². The number of aliphatic hydroxyl groups is 1. The predicted molar refractivity (Wildman–Crippen MR) is 85.5 cm³/mol. The number of piperidine rings is 1. The van der Waals surface area contributed by atoms with Crippen LogP contribution in [0.4, 0.5) is 0 Å². The van der Waals surface area contributed by atoms with Gasteiger partial charge in [0.15, 0.2) is 0 Å².